The highest BCUT2D eigenvalue weighted by Crippen LogP contribution is 2.28. The number of amides is 1. The number of hydrogen-bond acceptors (Lipinski definition) is 5. The monoisotopic (exact) mass is 362 g/mol. The topological polar surface area (TPSA) is 78.4 Å². The Balaban J connectivity index is 1.54. The summed E-state index contributed by atoms with van der Waals surface area (Å²) in [6.07, 6.45) is 3.58. The molecule has 0 spiro atoms. The van der Waals surface area contributed by atoms with Crippen LogP contribution in [0.15, 0.2) is 54.7 Å². The minimum Gasteiger partial charge on any atom is -0.396 e. The number of aromatic nitrogens is 2. The molecule has 1 aliphatic rings. The van der Waals surface area contributed by atoms with Crippen molar-refractivity contribution in [2.75, 3.05) is 29.9 Å². The SMILES string of the molecule is O=C(Nc1cccnc1N1CCC(CO)CC1)c1ccc2ccccc2n1. The summed E-state index contributed by atoms with van der Waals surface area (Å²) >= 11 is 0. The lowest BCUT2D eigenvalue weighted by Gasteiger charge is -2.33. The zero-order valence-electron chi connectivity index (χ0n) is 15.0. The summed E-state index contributed by atoms with van der Waals surface area (Å²) in [5, 5.41) is 13.3. The minimum absolute atomic E-state index is 0.229. The third-order valence-electron chi connectivity index (χ3n) is 5.04. The first kappa shape index (κ1) is 17.4. The molecule has 3 heterocycles. The molecule has 6 nitrogen and oxygen atoms in total. The number of benzene rings is 1. The smallest absolute Gasteiger partial charge is 0.274 e. The van der Waals surface area contributed by atoms with Gasteiger partial charge in [-0.3, -0.25) is 4.79 Å². The highest BCUT2D eigenvalue weighted by Gasteiger charge is 2.22. The maximum atomic E-state index is 12.7. The van der Waals surface area contributed by atoms with Crippen molar-refractivity contribution >= 4 is 28.3 Å². The fourth-order valence-electron chi connectivity index (χ4n) is 3.45. The van der Waals surface area contributed by atoms with Gasteiger partial charge in [-0.25, -0.2) is 9.97 Å². The average molecular weight is 362 g/mol. The van der Waals surface area contributed by atoms with Crippen LogP contribution in [0.5, 0.6) is 0 Å². The number of hydrogen-bond donors (Lipinski definition) is 2. The molecular formula is C21H22N4O2. The Morgan fingerprint density at radius 1 is 1.11 bits per heavy atom. The molecule has 0 saturated carbocycles. The molecule has 3 aromatic rings. The van der Waals surface area contributed by atoms with Crippen molar-refractivity contribution in [2.45, 2.75) is 12.8 Å². The van der Waals surface area contributed by atoms with E-state index in [1.165, 1.54) is 0 Å². The second kappa shape index (κ2) is 7.72. The average Bonchev–Trinajstić information content (AvgIpc) is 2.74. The second-order valence-corrected chi connectivity index (χ2v) is 6.83. The van der Waals surface area contributed by atoms with Gasteiger partial charge in [-0.05, 0) is 43.0 Å². The number of aliphatic hydroxyl groups excluding tert-OH is 1. The van der Waals surface area contributed by atoms with E-state index in [1.54, 1.807) is 12.3 Å². The van der Waals surface area contributed by atoms with E-state index >= 15 is 0 Å². The highest BCUT2D eigenvalue weighted by molar-refractivity contribution is 6.05. The van der Waals surface area contributed by atoms with Crippen LogP contribution in [0.2, 0.25) is 0 Å². The Morgan fingerprint density at radius 2 is 1.93 bits per heavy atom. The number of nitrogens with zero attached hydrogens (tertiary/aromatic N) is 3. The minimum atomic E-state index is -0.250. The highest BCUT2D eigenvalue weighted by atomic mass is 16.3. The van der Waals surface area contributed by atoms with Crippen molar-refractivity contribution in [3.05, 3.63) is 60.4 Å². The number of piperidine rings is 1. The van der Waals surface area contributed by atoms with Gasteiger partial charge >= 0.3 is 0 Å². The quantitative estimate of drug-likeness (QED) is 0.746. The van der Waals surface area contributed by atoms with Crippen LogP contribution in [-0.2, 0) is 0 Å². The number of rotatable bonds is 4. The predicted octanol–water partition coefficient (Wildman–Crippen LogP) is 3.09. The molecule has 0 radical (unpaired) electrons. The third kappa shape index (κ3) is 3.75. The number of aliphatic hydroxyl groups is 1. The van der Waals surface area contributed by atoms with Crippen LogP contribution in [0.25, 0.3) is 10.9 Å². The Bertz CT molecular complexity index is 952. The van der Waals surface area contributed by atoms with Gasteiger partial charge < -0.3 is 15.3 Å². The molecule has 27 heavy (non-hydrogen) atoms. The van der Waals surface area contributed by atoms with E-state index in [-0.39, 0.29) is 12.5 Å². The lowest BCUT2D eigenvalue weighted by atomic mass is 9.98. The molecule has 2 N–H and O–H groups in total. The van der Waals surface area contributed by atoms with E-state index in [4.69, 9.17) is 0 Å². The van der Waals surface area contributed by atoms with Crippen LogP contribution in [0.1, 0.15) is 23.3 Å². The molecule has 1 aliphatic heterocycles. The van der Waals surface area contributed by atoms with Gasteiger partial charge in [-0.1, -0.05) is 24.3 Å². The van der Waals surface area contributed by atoms with Crippen LogP contribution < -0.4 is 10.2 Å². The summed E-state index contributed by atoms with van der Waals surface area (Å²) in [7, 11) is 0. The van der Waals surface area contributed by atoms with Gasteiger partial charge in [0, 0.05) is 31.3 Å². The second-order valence-electron chi connectivity index (χ2n) is 6.83. The largest absolute Gasteiger partial charge is 0.396 e. The zero-order chi connectivity index (χ0) is 18.6. The van der Waals surface area contributed by atoms with Crippen molar-refractivity contribution in [2.24, 2.45) is 5.92 Å². The Morgan fingerprint density at radius 3 is 2.74 bits per heavy atom. The molecule has 0 unspecified atom stereocenters. The summed E-state index contributed by atoms with van der Waals surface area (Å²) in [5.41, 5.74) is 1.85. The molecular weight excluding hydrogens is 340 g/mol. The van der Waals surface area contributed by atoms with Crippen molar-refractivity contribution < 1.29 is 9.90 Å². The molecule has 4 rings (SSSR count). The Labute approximate surface area is 157 Å². The van der Waals surface area contributed by atoms with E-state index in [1.807, 2.05) is 42.5 Å². The molecule has 2 aromatic heterocycles. The van der Waals surface area contributed by atoms with E-state index < -0.39 is 0 Å². The summed E-state index contributed by atoms with van der Waals surface area (Å²) in [5.74, 6) is 0.869. The van der Waals surface area contributed by atoms with Crippen LogP contribution in [0, 0.1) is 5.92 Å². The van der Waals surface area contributed by atoms with Crippen molar-refractivity contribution in [1.29, 1.82) is 0 Å². The molecule has 1 aromatic carbocycles. The Kier molecular flexibility index (Phi) is 4.98. The molecule has 138 valence electrons. The van der Waals surface area contributed by atoms with Gasteiger partial charge in [-0.2, -0.15) is 0 Å². The zero-order valence-corrected chi connectivity index (χ0v) is 15.0. The van der Waals surface area contributed by atoms with Crippen LogP contribution in [0.3, 0.4) is 0 Å². The number of pyridine rings is 2. The van der Waals surface area contributed by atoms with Gasteiger partial charge in [-0.15, -0.1) is 0 Å². The molecule has 0 aliphatic carbocycles. The normalized spacial score (nSPS) is 15.1. The molecule has 1 saturated heterocycles. The number of nitrogens with one attached hydrogen (secondary N) is 1. The van der Waals surface area contributed by atoms with E-state index in [0.29, 0.717) is 17.3 Å². The van der Waals surface area contributed by atoms with Crippen LogP contribution >= 0.6 is 0 Å². The predicted molar refractivity (Wildman–Crippen MR) is 106 cm³/mol. The fourth-order valence-corrected chi connectivity index (χ4v) is 3.45. The summed E-state index contributed by atoms with van der Waals surface area (Å²) in [6, 6.07) is 15.0. The number of para-hydroxylation sites is 1. The van der Waals surface area contributed by atoms with Gasteiger partial charge in [0.25, 0.3) is 5.91 Å². The number of fused-ring (bicyclic) bond motifs is 1. The van der Waals surface area contributed by atoms with E-state index in [0.717, 1.165) is 42.7 Å². The van der Waals surface area contributed by atoms with Crippen molar-refractivity contribution in [3.8, 4) is 0 Å². The van der Waals surface area contributed by atoms with Gasteiger partial charge in [0.15, 0.2) is 5.82 Å². The molecule has 1 fully saturated rings. The summed E-state index contributed by atoms with van der Waals surface area (Å²) < 4.78 is 0. The number of carbonyl (C=O) groups excluding carboxylic acids is 1. The fraction of sp³-hybridized carbons (Fsp3) is 0.286. The number of carbonyl (C=O) groups is 1. The van der Waals surface area contributed by atoms with E-state index in [2.05, 4.69) is 20.2 Å². The van der Waals surface area contributed by atoms with Gasteiger partial charge in [0.05, 0.1) is 11.2 Å². The van der Waals surface area contributed by atoms with Crippen LogP contribution in [0.4, 0.5) is 11.5 Å². The van der Waals surface area contributed by atoms with Gasteiger partial charge in [0.2, 0.25) is 0 Å². The van der Waals surface area contributed by atoms with Crippen molar-refractivity contribution in [1.82, 2.24) is 9.97 Å². The van der Waals surface area contributed by atoms with E-state index in [9.17, 15) is 9.90 Å². The molecule has 0 atom stereocenters. The molecule has 6 heteroatoms. The summed E-state index contributed by atoms with van der Waals surface area (Å²) in [4.78, 5) is 23.8. The van der Waals surface area contributed by atoms with Crippen LogP contribution in [-0.4, -0.2) is 40.7 Å². The maximum absolute atomic E-state index is 12.7. The summed E-state index contributed by atoms with van der Waals surface area (Å²) in [6.45, 7) is 1.87. The first-order valence-corrected chi connectivity index (χ1v) is 9.22. The molecule has 1 amide bonds. The first-order valence-electron chi connectivity index (χ1n) is 9.22. The molecule has 0 bridgehead atoms. The lowest BCUT2D eigenvalue weighted by molar-refractivity contribution is 0.102. The Hall–Kier alpha value is -2.99. The van der Waals surface area contributed by atoms with Crippen molar-refractivity contribution in [3.63, 3.8) is 0 Å². The lowest BCUT2D eigenvalue weighted by Crippen LogP contribution is -2.36. The maximum Gasteiger partial charge on any atom is 0.274 e. The third-order valence-corrected chi connectivity index (χ3v) is 5.04. The number of anilines is 2. The standard InChI is InChI=1S/C21H22N4O2/c26-14-15-9-12-25(13-10-15)20-18(6-3-11-22-20)24-21(27)19-8-7-16-4-1-2-5-17(16)23-19/h1-8,11,15,26H,9-10,12-14H2,(H,24,27). The van der Waals surface area contributed by atoms with Gasteiger partial charge in [0.1, 0.15) is 5.69 Å². The first-order chi connectivity index (χ1) is 13.2.